The first-order valence-corrected chi connectivity index (χ1v) is 5.95. The van der Waals surface area contributed by atoms with Crippen molar-refractivity contribution in [3.05, 3.63) is 10.7 Å². The van der Waals surface area contributed by atoms with Crippen molar-refractivity contribution in [1.29, 1.82) is 0 Å². The zero-order chi connectivity index (χ0) is 11.3. The molecule has 0 unspecified atom stereocenters. The molecule has 0 bridgehead atoms. The fourth-order valence-corrected chi connectivity index (χ4v) is 1.37. The number of hydrogen-bond acceptors (Lipinski definition) is 4. The van der Waals surface area contributed by atoms with Crippen molar-refractivity contribution in [1.82, 2.24) is 9.97 Å². The third-order valence-corrected chi connectivity index (χ3v) is 2.28. The van der Waals surface area contributed by atoms with Crippen LogP contribution in [0.2, 0.25) is 0 Å². The molecule has 1 aromatic heterocycles. The average molecular weight is 273 g/mol. The fraction of sp³-hybridized carbons (Fsp3) is 0.600. The Morgan fingerprint density at radius 2 is 2.20 bits per heavy atom. The van der Waals surface area contributed by atoms with Gasteiger partial charge in [0.15, 0.2) is 0 Å². The standard InChI is InChI=1S/C10H17BrN4/c1-4-5-12-10-13-6-8(11)9(15-10)14-7(2)3/h6-7H,4-5H2,1-3H3,(H2,12,13,14,15). The number of nitrogens with zero attached hydrogens (tertiary/aromatic N) is 2. The molecule has 0 aromatic carbocycles. The van der Waals surface area contributed by atoms with Crippen LogP contribution in [0, 0.1) is 0 Å². The van der Waals surface area contributed by atoms with Gasteiger partial charge < -0.3 is 10.6 Å². The summed E-state index contributed by atoms with van der Waals surface area (Å²) >= 11 is 3.41. The van der Waals surface area contributed by atoms with Crippen molar-refractivity contribution in [3.8, 4) is 0 Å². The molecule has 1 aromatic rings. The van der Waals surface area contributed by atoms with E-state index in [1.54, 1.807) is 6.20 Å². The van der Waals surface area contributed by atoms with Crippen molar-refractivity contribution in [2.24, 2.45) is 0 Å². The minimum Gasteiger partial charge on any atom is -0.367 e. The van der Waals surface area contributed by atoms with E-state index >= 15 is 0 Å². The molecule has 84 valence electrons. The van der Waals surface area contributed by atoms with Gasteiger partial charge in [0, 0.05) is 18.8 Å². The van der Waals surface area contributed by atoms with Crippen molar-refractivity contribution in [3.63, 3.8) is 0 Å². The summed E-state index contributed by atoms with van der Waals surface area (Å²) in [6, 6.07) is 0.357. The molecule has 15 heavy (non-hydrogen) atoms. The lowest BCUT2D eigenvalue weighted by atomic mass is 10.4. The molecule has 0 amide bonds. The van der Waals surface area contributed by atoms with E-state index in [9.17, 15) is 0 Å². The molecule has 1 heterocycles. The van der Waals surface area contributed by atoms with Gasteiger partial charge in [-0.25, -0.2) is 4.98 Å². The summed E-state index contributed by atoms with van der Waals surface area (Å²) in [5, 5.41) is 6.40. The highest BCUT2D eigenvalue weighted by Gasteiger charge is 2.05. The minimum absolute atomic E-state index is 0.357. The predicted octanol–water partition coefficient (Wildman–Crippen LogP) is 2.88. The molecular weight excluding hydrogens is 256 g/mol. The van der Waals surface area contributed by atoms with Crippen LogP contribution in [0.4, 0.5) is 11.8 Å². The molecular formula is C10H17BrN4. The van der Waals surface area contributed by atoms with Gasteiger partial charge in [-0.2, -0.15) is 4.98 Å². The van der Waals surface area contributed by atoms with Crippen LogP contribution in [0.1, 0.15) is 27.2 Å². The van der Waals surface area contributed by atoms with Crippen molar-refractivity contribution < 1.29 is 0 Å². The Labute approximate surface area is 99.0 Å². The highest BCUT2D eigenvalue weighted by molar-refractivity contribution is 9.10. The number of halogens is 1. The van der Waals surface area contributed by atoms with E-state index in [0.29, 0.717) is 12.0 Å². The third kappa shape index (κ3) is 4.03. The quantitative estimate of drug-likeness (QED) is 0.866. The summed E-state index contributed by atoms with van der Waals surface area (Å²) in [7, 11) is 0. The molecule has 1 rings (SSSR count). The van der Waals surface area contributed by atoms with E-state index < -0.39 is 0 Å². The molecule has 0 fully saturated rings. The van der Waals surface area contributed by atoms with Crippen LogP contribution in [0.15, 0.2) is 10.7 Å². The van der Waals surface area contributed by atoms with E-state index in [4.69, 9.17) is 0 Å². The average Bonchev–Trinajstić information content (AvgIpc) is 2.18. The highest BCUT2D eigenvalue weighted by Crippen LogP contribution is 2.20. The van der Waals surface area contributed by atoms with Crippen molar-refractivity contribution in [2.45, 2.75) is 33.2 Å². The maximum absolute atomic E-state index is 4.37. The van der Waals surface area contributed by atoms with Crippen LogP contribution in [0.25, 0.3) is 0 Å². The number of rotatable bonds is 5. The second kappa shape index (κ2) is 5.90. The van der Waals surface area contributed by atoms with Gasteiger partial charge in [-0.15, -0.1) is 0 Å². The summed E-state index contributed by atoms with van der Waals surface area (Å²) in [5.74, 6) is 1.50. The molecule has 5 heteroatoms. The van der Waals surface area contributed by atoms with E-state index in [2.05, 4.69) is 57.3 Å². The number of hydrogen-bond donors (Lipinski definition) is 2. The smallest absolute Gasteiger partial charge is 0.224 e. The van der Waals surface area contributed by atoms with Gasteiger partial charge in [-0.3, -0.25) is 0 Å². The SMILES string of the molecule is CCCNc1ncc(Br)c(NC(C)C)n1. The van der Waals surface area contributed by atoms with Gasteiger partial charge in [-0.05, 0) is 36.2 Å². The Morgan fingerprint density at radius 1 is 1.47 bits per heavy atom. The van der Waals surface area contributed by atoms with Crippen LogP contribution >= 0.6 is 15.9 Å². The highest BCUT2D eigenvalue weighted by atomic mass is 79.9. The molecule has 0 saturated heterocycles. The van der Waals surface area contributed by atoms with Gasteiger partial charge in [0.2, 0.25) is 5.95 Å². The largest absolute Gasteiger partial charge is 0.367 e. The lowest BCUT2D eigenvalue weighted by molar-refractivity contribution is 0.881. The van der Waals surface area contributed by atoms with E-state index in [1.807, 2.05) is 0 Å². The Kier molecular flexibility index (Phi) is 4.81. The van der Waals surface area contributed by atoms with Gasteiger partial charge in [0.25, 0.3) is 0 Å². The van der Waals surface area contributed by atoms with Crippen molar-refractivity contribution in [2.75, 3.05) is 17.2 Å². The van der Waals surface area contributed by atoms with E-state index in [1.165, 1.54) is 0 Å². The number of nitrogens with one attached hydrogen (secondary N) is 2. The van der Waals surface area contributed by atoms with E-state index in [-0.39, 0.29) is 0 Å². The second-order valence-corrected chi connectivity index (χ2v) is 4.47. The first-order chi connectivity index (χ1) is 7.13. The molecule has 0 radical (unpaired) electrons. The summed E-state index contributed by atoms with van der Waals surface area (Å²) in [4.78, 5) is 8.54. The molecule has 0 saturated carbocycles. The van der Waals surface area contributed by atoms with Crippen LogP contribution < -0.4 is 10.6 Å². The van der Waals surface area contributed by atoms with Gasteiger partial charge >= 0.3 is 0 Å². The van der Waals surface area contributed by atoms with Gasteiger partial charge in [0.05, 0.1) is 4.47 Å². The van der Waals surface area contributed by atoms with Crippen LogP contribution in [0.3, 0.4) is 0 Å². The maximum atomic E-state index is 4.37. The van der Waals surface area contributed by atoms with Gasteiger partial charge in [0.1, 0.15) is 5.82 Å². The summed E-state index contributed by atoms with van der Waals surface area (Å²) in [5.41, 5.74) is 0. The summed E-state index contributed by atoms with van der Waals surface area (Å²) < 4.78 is 0.887. The molecule has 0 aliphatic carbocycles. The van der Waals surface area contributed by atoms with Crippen LogP contribution in [-0.2, 0) is 0 Å². The number of anilines is 2. The normalized spacial score (nSPS) is 10.5. The Bertz CT molecular complexity index is 314. The monoisotopic (exact) mass is 272 g/mol. The van der Waals surface area contributed by atoms with Gasteiger partial charge in [-0.1, -0.05) is 6.92 Å². The second-order valence-electron chi connectivity index (χ2n) is 3.62. The third-order valence-electron chi connectivity index (χ3n) is 1.70. The Hall–Kier alpha value is -0.840. The first-order valence-electron chi connectivity index (χ1n) is 5.16. The molecule has 0 atom stereocenters. The fourth-order valence-electron chi connectivity index (χ4n) is 1.06. The zero-order valence-electron chi connectivity index (χ0n) is 9.34. The first kappa shape index (κ1) is 12.2. The number of aromatic nitrogens is 2. The summed E-state index contributed by atoms with van der Waals surface area (Å²) in [6.45, 7) is 7.16. The Morgan fingerprint density at radius 3 is 2.80 bits per heavy atom. The minimum atomic E-state index is 0.357. The molecule has 0 aliphatic rings. The molecule has 2 N–H and O–H groups in total. The summed E-state index contributed by atoms with van der Waals surface area (Å²) in [6.07, 6.45) is 2.82. The van der Waals surface area contributed by atoms with E-state index in [0.717, 1.165) is 23.3 Å². The molecule has 0 aliphatic heterocycles. The predicted molar refractivity (Wildman–Crippen MR) is 67.3 cm³/mol. The molecule has 4 nitrogen and oxygen atoms in total. The van der Waals surface area contributed by atoms with Crippen LogP contribution in [0.5, 0.6) is 0 Å². The zero-order valence-corrected chi connectivity index (χ0v) is 10.9. The lowest BCUT2D eigenvalue weighted by Crippen LogP contribution is -2.13. The Balaban J connectivity index is 2.75. The van der Waals surface area contributed by atoms with Crippen molar-refractivity contribution >= 4 is 27.7 Å². The van der Waals surface area contributed by atoms with Crippen LogP contribution in [-0.4, -0.2) is 22.6 Å². The molecule has 0 spiro atoms. The maximum Gasteiger partial charge on any atom is 0.224 e. The topological polar surface area (TPSA) is 49.8 Å². The lowest BCUT2D eigenvalue weighted by Gasteiger charge is -2.12.